The second-order valence-electron chi connectivity index (χ2n) is 6.88. The molecule has 3 aromatic rings. The summed E-state index contributed by atoms with van der Waals surface area (Å²) in [4.78, 5) is 21.4. The van der Waals surface area contributed by atoms with Crippen LogP contribution in [0.1, 0.15) is 33.0 Å². The van der Waals surface area contributed by atoms with Gasteiger partial charge < -0.3 is 15.4 Å². The van der Waals surface area contributed by atoms with E-state index in [1.807, 2.05) is 56.3 Å². The number of amides is 1. The van der Waals surface area contributed by atoms with Gasteiger partial charge in [0.25, 0.3) is 5.91 Å². The summed E-state index contributed by atoms with van der Waals surface area (Å²) in [6, 6.07) is 15.4. The van der Waals surface area contributed by atoms with Gasteiger partial charge in [0.2, 0.25) is 0 Å². The maximum atomic E-state index is 12.7. The zero-order chi connectivity index (χ0) is 20.8. The first kappa shape index (κ1) is 20.3. The molecule has 0 bridgehead atoms. The molecule has 6 nitrogen and oxygen atoms in total. The van der Waals surface area contributed by atoms with Crippen LogP contribution in [0.3, 0.4) is 0 Å². The van der Waals surface area contributed by atoms with E-state index in [1.54, 1.807) is 20.1 Å². The maximum absolute atomic E-state index is 12.7. The average Bonchev–Trinajstić information content (AvgIpc) is 2.71. The Kier molecular flexibility index (Phi) is 6.44. The van der Waals surface area contributed by atoms with E-state index in [0.717, 1.165) is 34.5 Å². The summed E-state index contributed by atoms with van der Waals surface area (Å²) in [6.45, 7) is 6.44. The fraction of sp³-hybridized carbons (Fsp3) is 0.261. The Balaban J connectivity index is 1.69. The third-order valence-corrected chi connectivity index (χ3v) is 4.82. The number of aromatic nitrogens is 2. The van der Waals surface area contributed by atoms with Crippen molar-refractivity contribution in [2.24, 2.45) is 0 Å². The molecule has 0 aliphatic rings. The minimum atomic E-state index is -0.253. The predicted octanol–water partition coefficient (Wildman–Crippen LogP) is 4.32. The minimum Gasteiger partial charge on any atom is -0.496 e. The molecule has 0 saturated carbocycles. The van der Waals surface area contributed by atoms with E-state index in [-0.39, 0.29) is 5.91 Å². The molecule has 150 valence electrons. The largest absolute Gasteiger partial charge is 0.496 e. The van der Waals surface area contributed by atoms with Gasteiger partial charge in [-0.05, 0) is 56.0 Å². The van der Waals surface area contributed by atoms with Crippen molar-refractivity contribution < 1.29 is 9.53 Å². The summed E-state index contributed by atoms with van der Waals surface area (Å²) in [5.41, 5.74) is 4.40. The lowest BCUT2D eigenvalue weighted by Gasteiger charge is -2.12. The Morgan fingerprint density at radius 3 is 2.62 bits per heavy atom. The molecular formula is C23H26N4O2. The van der Waals surface area contributed by atoms with Crippen LogP contribution in [0, 0.1) is 20.8 Å². The summed E-state index contributed by atoms with van der Waals surface area (Å²) >= 11 is 0. The Labute approximate surface area is 171 Å². The fourth-order valence-electron chi connectivity index (χ4n) is 3.08. The summed E-state index contributed by atoms with van der Waals surface area (Å²) in [5, 5.41) is 6.22. The van der Waals surface area contributed by atoms with Crippen LogP contribution < -0.4 is 15.4 Å². The van der Waals surface area contributed by atoms with Crippen molar-refractivity contribution in [3.05, 3.63) is 76.7 Å². The first-order valence-corrected chi connectivity index (χ1v) is 9.57. The highest BCUT2D eigenvalue weighted by atomic mass is 16.5. The van der Waals surface area contributed by atoms with Gasteiger partial charge in [0.1, 0.15) is 23.1 Å². The summed E-state index contributed by atoms with van der Waals surface area (Å²) < 4.78 is 5.39. The Hall–Kier alpha value is -3.41. The van der Waals surface area contributed by atoms with Crippen LogP contribution in [0.5, 0.6) is 5.75 Å². The third kappa shape index (κ3) is 5.10. The lowest BCUT2D eigenvalue weighted by atomic mass is 10.1. The van der Waals surface area contributed by atoms with Gasteiger partial charge in [-0.1, -0.05) is 30.3 Å². The molecule has 0 unspecified atom stereocenters. The molecule has 1 heterocycles. The van der Waals surface area contributed by atoms with E-state index in [1.165, 1.54) is 0 Å². The van der Waals surface area contributed by atoms with Crippen molar-refractivity contribution in [1.82, 2.24) is 9.97 Å². The van der Waals surface area contributed by atoms with E-state index in [4.69, 9.17) is 4.74 Å². The van der Waals surface area contributed by atoms with E-state index in [0.29, 0.717) is 23.9 Å². The first-order valence-electron chi connectivity index (χ1n) is 9.57. The Bertz CT molecular complexity index is 1020. The van der Waals surface area contributed by atoms with Crippen molar-refractivity contribution >= 4 is 17.4 Å². The van der Waals surface area contributed by atoms with Crippen molar-refractivity contribution in [2.45, 2.75) is 27.2 Å². The average molecular weight is 390 g/mol. The number of nitrogens with zero attached hydrogens (tertiary/aromatic N) is 2. The van der Waals surface area contributed by atoms with Gasteiger partial charge in [-0.25, -0.2) is 9.97 Å². The van der Waals surface area contributed by atoms with Gasteiger partial charge in [-0.3, -0.25) is 4.79 Å². The van der Waals surface area contributed by atoms with Crippen molar-refractivity contribution in [2.75, 3.05) is 24.3 Å². The second-order valence-corrected chi connectivity index (χ2v) is 6.88. The molecule has 1 aromatic heterocycles. The van der Waals surface area contributed by atoms with Crippen LogP contribution in [0.4, 0.5) is 11.5 Å². The Morgan fingerprint density at radius 1 is 1.03 bits per heavy atom. The highest BCUT2D eigenvalue weighted by molar-refractivity contribution is 6.03. The monoisotopic (exact) mass is 390 g/mol. The van der Waals surface area contributed by atoms with E-state index in [2.05, 4.69) is 20.6 Å². The third-order valence-electron chi connectivity index (χ3n) is 4.82. The smallest absolute Gasteiger partial charge is 0.274 e. The predicted molar refractivity (Wildman–Crippen MR) is 116 cm³/mol. The molecule has 6 heteroatoms. The molecule has 0 radical (unpaired) electrons. The number of anilines is 2. The van der Waals surface area contributed by atoms with Gasteiger partial charge >= 0.3 is 0 Å². The van der Waals surface area contributed by atoms with Crippen molar-refractivity contribution in [3.63, 3.8) is 0 Å². The number of rotatable bonds is 7. The highest BCUT2D eigenvalue weighted by Gasteiger charge is 2.13. The van der Waals surface area contributed by atoms with Gasteiger partial charge in [-0.2, -0.15) is 0 Å². The second kappa shape index (κ2) is 9.19. The van der Waals surface area contributed by atoms with Crippen LogP contribution in [0.15, 0.2) is 48.5 Å². The van der Waals surface area contributed by atoms with Crippen LogP contribution in [-0.2, 0) is 6.42 Å². The van der Waals surface area contributed by atoms with Crippen molar-refractivity contribution in [1.29, 1.82) is 0 Å². The molecule has 0 aliphatic carbocycles. The van der Waals surface area contributed by atoms with E-state index >= 15 is 0 Å². The summed E-state index contributed by atoms with van der Waals surface area (Å²) in [6.07, 6.45) is 0.775. The quantitative estimate of drug-likeness (QED) is 0.628. The zero-order valence-electron chi connectivity index (χ0n) is 17.2. The number of hydrogen-bond donors (Lipinski definition) is 2. The lowest BCUT2D eigenvalue weighted by Crippen LogP contribution is -2.17. The standard InChI is InChI=1S/C23H26N4O2/c1-15-8-7-10-19(16(15)2)27-23(28)20-14-22(26-17(3)25-20)24-13-12-18-9-5-6-11-21(18)29-4/h5-11,14H,12-13H2,1-4H3,(H,27,28)(H,24,25,26). The van der Waals surface area contributed by atoms with E-state index in [9.17, 15) is 4.79 Å². The minimum absolute atomic E-state index is 0.253. The SMILES string of the molecule is COc1ccccc1CCNc1cc(C(=O)Nc2cccc(C)c2C)nc(C)n1. The van der Waals surface area contributed by atoms with Crippen LogP contribution in [0.25, 0.3) is 0 Å². The molecule has 29 heavy (non-hydrogen) atoms. The number of hydrogen-bond acceptors (Lipinski definition) is 5. The molecule has 0 fully saturated rings. The fourth-order valence-corrected chi connectivity index (χ4v) is 3.08. The number of carbonyl (C=O) groups excluding carboxylic acids is 1. The topological polar surface area (TPSA) is 76.1 Å². The number of carbonyl (C=O) groups is 1. The van der Waals surface area contributed by atoms with Crippen LogP contribution >= 0.6 is 0 Å². The number of benzene rings is 2. The summed E-state index contributed by atoms with van der Waals surface area (Å²) in [5.74, 6) is 1.77. The Morgan fingerprint density at radius 2 is 1.83 bits per heavy atom. The highest BCUT2D eigenvalue weighted by Crippen LogP contribution is 2.20. The number of nitrogens with one attached hydrogen (secondary N) is 2. The number of para-hydroxylation sites is 1. The van der Waals surface area contributed by atoms with Crippen molar-refractivity contribution in [3.8, 4) is 5.75 Å². The molecule has 1 amide bonds. The van der Waals surface area contributed by atoms with Gasteiger partial charge in [0.05, 0.1) is 7.11 Å². The van der Waals surface area contributed by atoms with Gasteiger partial charge in [0.15, 0.2) is 0 Å². The van der Waals surface area contributed by atoms with Gasteiger partial charge in [-0.15, -0.1) is 0 Å². The number of ether oxygens (including phenoxy) is 1. The zero-order valence-corrected chi connectivity index (χ0v) is 17.2. The molecule has 0 aliphatic heterocycles. The first-order chi connectivity index (χ1) is 14.0. The molecule has 0 atom stereocenters. The molecule has 0 spiro atoms. The maximum Gasteiger partial charge on any atom is 0.274 e. The molecule has 2 aromatic carbocycles. The molecule has 2 N–H and O–H groups in total. The lowest BCUT2D eigenvalue weighted by molar-refractivity contribution is 0.102. The van der Waals surface area contributed by atoms with Gasteiger partial charge in [0, 0.05) is 18.3 Å². The summed E-state index contributed by atoms with van der Waals surface area (Å²) in [7, 11) is 1.67. The molecular weight excluding hydrogens is 364 g/mol. The number of aryl methyl sites for hydroxylation is 2. The molecule has 3 rings (SSSR count). The normalized spacial score (nSPS) is 10.5. The van der Waals surface area contributed by atoms with Crippen LogP contribution in [-0.4, -0.2) is 29.5 Å². The van der Waals surface area contributed by atoms with E-state index < -0.39 is 0 Å². The van der Waals surface area contributed by atoms with Crippen LogP contribution in [0.2, 0.25) is 0 Å². The molecule has 0 saturated heterocycles. The number of methoxy groups -OCH3 is 1.